The lowest BCUT2D eigenvalue weighted by molar-refractivity contribution is -0.159. The van der Waals surface area contributed by atoms with Gasteiger partial charge in [0.25, 0.3) is 0 Å². The van der Waals surface area contributed by atoms with E-state index in [1.165, 1.54) is 7.11 Å². The first-order valence-electron chi connectivity index (χ1n) is 11.4. The normalized spacial score (nSPS) is 28.5. The summed E-state index contributed by atoms with van der Waals surface area (Å²) < 4.78 is 10.4. The summed E-state index contributed by atoms with van der Waals surface area (Å²) in [5, 5.41) is 12.9. The Balaban J connectivity index is 1.82. The Morgan fingerprint density at radius 1 is 1.06 bits per heavy atom. The van der Waals surface area contributed by atoms with Gasteiger partial charge in [0.1, 0.15) is 17.7 Å². The van der Waals surface area contributed by atoms with E-state index in [-0.39, 0.29) is 17.9 Å². The molecule has 0 aromatic heterocycles. The van der Waals surface area contributed by atoms with Gasteiger partial charge in [-0.3, -0.25) is 9.69 Å². The van der Waals surface area contributed by atoms with Crippen molar-refractivity contribution < 1.29 is 29.0 Å². The van der Waals surface area contributed by atoms with E-state index in [0.29, 0.717) is 26.1 Å². The number of aliphatic hydroxyl groups is 1. The molecule has 0 aromatic rings. The fourth-order valence-electron chi connectivity index (χ4n) is 5.09. The number of carbonyl (C=O) groups excluding carboxylic acids is 3. The number of nitrogens with one attached hydrogen (secondary N) is 1. The number of hydrogen-bond acceptors (Lipinski definition) is 7. The standard InChI is InChI=1S/C22H37N3O6/c1-22(2,3)31-21(29)23-18(14-8-6-5-7-9-14)19(27)25-11-15-10-16(26)12-24(15)13-17(25)20(28)30-4/h14-18,26H,5-13H2,1-4H3,(H,23,29)/t15-,16-,17+,18+/m1/s1. The highest BCUT2D eigenvalue weighted by Crippen LogP contribution is 2.31. The van der Waals surface area contributed by atoms with Gasteiger partial charge in [-0.25, -0.2) is 9.59 Å². The molecular formula is C22H37N3O6. The van der Waals surface area contributed by atoms with Crippen LogP contribution in [-0.2, 0) is 19.1 Å². The van der Waals surface area contributed by atoms with Crippen LogP contribution in [0.15, 0.2) is 0 Å². The van der Waals surface area contributed by atoms with Crippen LogP contribution < -0.4 is 5.32 Å². The van der Waals surface area contributed by atoms with Gasteiger partial charge in [-0.05, 0) is 46.0 Å². The summed E-state index contributed by atoms with van der Waals surface area (Å²) in [6.45, 7) is 6.48. The quantitative estimate of drug-likeness (QED) is 0.635. The number of carbonyl (C=O) groups is 3. The van der Waals surface area contributed by atoms with Gasteiger partial charge in [0, 0.05) is 25.7 Å². The van der Waals surface area contributed by atoms with E-state index in [1.807, 2.05) is 4.90 Å². The molecule has 0 bridgehead atoms. The van der Waals surface area contributed by atoms with Crippen molar-refractivity contribution in [3.63, 3.8) is 0 Å². The van der Waals surface area contributed by atoms with Gasteiger partial charge in [-0.1, -0.05) is 19.3 Å². The highest BCUT2D eigenvalue weighted by molar-refractivity contribution is 5.90. The van der Waals surface area contributed by atoms with Gasteiger partial charge in [-0.15, -0.1) is 0 Å². The number of fused-ring (bicyclic) bond motifs is 1. The Kier molecular flexibility index (Phi) is 7.47. The molecule has 2 heterocycles. The zero-order valence-corrected chi connectivity index (χ0v) is 19.1. The number of amides is 2. The van der Waals surface area contributed by atoms with Gasteiger partial charge in [-0.2, -0.15) is 0 Å². The molecule has 0 radical (unpaired) electrons. The first-order chi connectivity index (χ1) is 14.6. The second kappa shape index (κ2) is 9.73. The molecule has 9 nitrogen and oxygen atoms in total. The SMILES string of the molecule is COC(=O)[C@@H]1CN2C[C@H](O)C[C@@H]2CN1C(=O)[C@@H](NC(=O)OC(C)(C)C)C1CCCCC1. The van der Waals surface area contributed by atoms with Gasteiger partial charge < -0.3 is 24.8 Å². The second-order valence-electron chi connectivity index (χ2n) is 10.0. The largest absolute Gasteiger partial charge is 0.467 e. The van der Waals surface area contributed by atoms with Crippen molar-refractivity contribution in [2.24, 2.45) is 5.92 Å². The summed E-state index contributed by atoms with van der Waals surface area (Å²) in [4.78, 5) is 42.5. The van der Waals surface area contributed by atoms with Crippen molar-refractivity contribution in [1.29, 1.82) is 0 Å². The summed E-state index contributed by atoms with van der Waals surface area (Å²) >= 11 is 0. The van der Waals surface area contributed by atoms with Crippen LogP contribution in [0.1, 0.15) is 59.3 Å². The van der Waals surface area contributed by atoms with Crippen LogP contribution in [0.4, 0.5) is 4.79 Å². The van der Waals surface area contributed by atoms with E-state index >= 15 is 0 Å². The summed E-state index contributed by atoms with van der Waals surface area (Å²) in [6.07, 6.45) is 4.29. The lowest BCUT2D eigenvalue weighted by atomic mass is 9.83. The van der Waals surface area contributed by atoms with E-state index in [1.54, 1.807) is 25.7 Å². The minimum absolute atomic E-state index is 0.000682. The first-order valence-corrected chi connectivity index (χ1v) is 11.4. The van der Waals surface area contributed by atoms with E-state index in [4.69, 9.17) is 9.47 Å². The van der Waals surface area contributed by atoms with Crippen molar-refractivity contribution in [2.45, 2.75) is 89.1 Å². The van der Waals surface area contributed by atoms with Crippen LogP contribution in [0, 0.1) is 5.92 Å². The highest BCUT2D eigenvalue weighted by atomic mass is 16.6. The number of rotatable bonds is 4. The molecule has 0 spiro atoms. The first kappa shape index (κ1) is 23.8. The summed E-state index contributed by atoms with van der Waals surface area (Å²) in [6, 6.07) is -1.51. The van der Waals surface area contributed by atoms with Gasteiger partial charge >= 0.3 is 12.1 Å². The molecule has 1 saturated carbocycles. The third-order valence-corrected chi connectivity index (χ3v) is 6.51. The zero-order valence-electron chi connectivity index (χ0n) is 19.1. The van der Waals surface area contributed by atoms with E-state index < -0.39 is 35.9 Å². The predicted octanol–water partition coefficient (Wildman–Crippen LogP) is 1.28. The van der Waals surface area contributed by atoms with Gasteiger partial charge in [0.15, 0.2) is 0 Å². The maximum atomic E-state index is 13.8. The van der Waals surface area contributed by atoms with E-state index in [9.17, 15) is 19.5 Å². The molecule has 0 unspecified atom stereocenters. The number of methoxy groups -OCH3 is 1. The Bertz CT molecular complexity index is 673. The predicted molar refractivity (Wildman–Crippen MR) is 113 cm³/mol. The molecule has 9 heteroatoms. The van der Waals surface area contributed by atoms with Crippen LogP contribution in [0.5, 0.6) is 0 Å². The second-order valence-corrected chi connectivity index (χ2v) is 10.0. The van der Waals surface area contributed by atoms with Crippen LogP contribution in [0.25, 0.3) is 0 Å². The number of esters is 1. The molecule has 2 saturated heterocycles. The van der Waals surface area contributed by atoms with Crippen molar-refractivity contribution in [2.75, 3.05) is 26.7 Å². The third kappa shape index (κ3) is 5.88. The molecule has 2 amide bonds. The maximum Gasteiger partial charge on any atom is 0.408 e. The zero-order chi connectivity index (χ0) is 22.8. The Morgan fingerprint density at radius 3 is 2.35 bits per heavy atom. The average Bonchev–Trinajstić information content (AvgIpc) is 3.08. The monoisotopic (exact) mass is 439 g/mol. The molecule has 3 fully saturated rings. The van der Waals surface area contributed by atoms with Crippen LogP contribution in [0.2, 0.25) is 0 Å². The molecule has 1 aliphatic carbocycles. The smallest absolute Gasteiger partial charge is 0.408 e. The van der Waals surface area contributed by atoms with Crippen molar-refractivity contribution in [3.05, 3.63) is 0 Å². The minimum Gasteiger partial charge on any atom is -0.467 e. The number of alkyl carbamates (subject to hydrolysis) is 1. The Labute approximate surface area is 184 Å². The molecule has 31 heavy (non-hydrogen) atoms. The summed E-state index contributed by atoms with van der Waals surface area (Å²) in [5.41, 5.74) is -0.676. The summed E-state index contributed by atoms with van der Waals surface area (Å²) in [5.74, 6) is -0.749. The number of hydrogen-bond donors (Lipinski definition) is 2. The molecule has 4 atom stereocenters. The number of nitrogens with zero attached hydrogens (tertiary/aromatic N) is 2. The lowest BCUT2D eigenvalue weighted by Crippen LogP contribution is -2.65. The van der Waals surface area contributed by atoms with E-state index in [2.05, 4.69) is 5.32 Å². The Morgan fingerprint density at radius 2 is 1.74 bits per heavy atom. The van der Waals surface area contributed by atoms with Crippen molar-refractivity contribution >= 4 is 18.0 Å². The third-order valence-electron chi connectivity index (χ3n) is 6.51. The van der Waals surface area contributed by atoms with Crippen LogP contribution in [-0.4, -0.2) is 89.5 Å². The average molecular weight is 440 g/mol. The maximum absolute atomic E-state index is 13.8. The van der Waals surface area contributed by atoms with Gasteiger partial charge in [0.05, 0.1) is 13.2 Å². The Hall–Kier alpha value is -1.87. The molecule has 0 aromatic carbocycles. The van der Waals surface area contributed by atoms with Gasteiger partial charge in [0.2, 0.25) is 5.91 Å². The fraction of sp³-hybridized carbons (Fsp3) is 0.864. The molecule has 176 valence electrons. The van der Waals surface area contributed by atoms with E-state index in [0.717, 1.165) is 32.1 Å². The fourth-order valence-corrected chi connectivity index (χ4v) is 5.09. The number of aliphatic hydroxyl groups excluding tert-OH is 1. The summed E-state index contributed by atoms with van der Waals surface area (Å²) in [7, 11) is 1.31. The van der Waals surface area contributed by atoms with Crippen LogP contribution >= 0.6 is 0 Å². The highest BCUT2D eigenvalue weighted by Gasteiger charge is 2.47. The van der Waals surface area contributed by atoms with Crippen LogP contribution in [0.3, 0.4) is 0 Å². The molecular weight excluding hydrogens is 402 g/mol. The number of ether oxygens (including phenoxy) is 2. The lowest BCUT2D eigenvalue weighted by Gasteiger charge is -2.44. The molecule has 3 rings (SSSR count). The molecule has 3 aliphatic rings. The topological polar surface area (TPSA) is 108 Å². The number of piperazine rings is 1. The minimum atomic E-state index is -0.759. The van der Waals surface area contributed by atoms with Crippen molar-refractivity contribution in [3.8, 4) is 0 Å². The molecule has 2 N–H and O–H groups in total. The van der Waals surface area contributed by atoms with Crippen molar-refractivity contribution in [1.82, 2.24) is 15.1 Å². The molecule has 2 aliphatic heterocycles.